The second-order valence-electron chi connectivity index (χ2n) is 7.80. The molecule has 3 atom stereocenters. The highest BCUT2D eigenvalue weighted by Gasteiger charge is 2.54. The van der Waals surface area contributed by atoms with Crippen LogP contribution in [0.2, 0.25) is 0 Å². The average Bonchev–Trinajstić information content (AvgIpc) is 3.34. The Morgan fingerprint density at radius 2 is 2.19 bits per heavy atom. The highest BCUT2D eigenvalue weighted by Crippen LogP contribution is 2.38. The maximum absolute atomic E-state index is 12.9. The van der Waals surface area contributed by atoms with Gasteiger partial charge in [-0.25, -0.2) is 4.98 Å². The number of carbonyl (C=O) groups is 3. The highest BCUT2D eigenvalue weighted by atomic mass is 16.5. The van der Waals surface area contributed by atoms with E-state index in [1.165, 1.54) is 4.90 Å². The molecule has 3 heterocycles. The van der Waals surface area contributed by atoms with Gasteiger partial charge in [-0.3, -0.25) is 14.4 Å². The number of fused-ring (bicyclic) bond motifs is 1. The van der Waals surface area contributed by atoms with Gasteiger partial charge in [-0.15, -0.1) is 0 Å². The van der Waals surface area contributed by atoms with Crippen LogP contribution in [0.4, 0.5) is 5.69 Å². The summed E-state index contributed by atoms with van der Waals surface area (Å²) < 4.78 is 5.51. The monoisotopic (exact) mass is 369 g/mol. The molecule has 2 fully saturated rings. The van der Waals surface area contributed by atoms with E-state index >= 15 is 0 Å². The van der Waals surface area contributed by atoms with Gasteiger partial charge in [0, 0.05) is 24.6 Å². The minimum Gasteiger partial charge on any atom is -0.381 e. The Morgan fingerprint density at radius 3 is 2.89 bits per heavy atom. The summed E-state index contributed by atoms with van der Waals surface area (Å²) in [5.74, 6) is -2.15. The normalized spacial score (nSPS) is 25.9. The van der Waals surface area contributed by atoms with Gasteiger partial charge in [0.15, 0.2) is 0 Å². The van der Waals surface area contributed by atoms with Gasteiger partial charge in [0.1, 0.15) is 11.7 Å². The summed E-state index contributed by atoms with van der Waals surface area (Å²) in [5.41, 5.74) is 2.18. The Labute approximate surface area is 157 Å². The first-order valence-electron chi connectivity index (χ1n) is 9.38. The number of aromatic amines is 1. The molecule has 1 aromatic carbocycles. The molecule has 2 aliphatic heterocycles. The zero-order chi connectivity index (χ0) is 19.1. The van der Waals surface area contributed by atoms with Crippen molar-refractivity contribution in [1.29, 1.82) is 0 Å². The van der Waals surface area contributed by atoms with E-state index in [1.807, 2.05) is 26.0 Å². The molecule has 0 spiro atoms. The van der Waals surface area contributed by atoms with Crippen LogP contribution < -0.4 is 4.90 Å². The Balaban J connectivity index is 1.76. The van der Waals surface area contributed by atoms with Crippen LogP contribution in [-0.2, 0) is 19.1 Å². The van der Waals surface area contributed by atoms with Crippen molar-refractivity contribution in [2.75, 3.05) is 18.1 Å². The second-order valence-corrected chi connectivity index (χ2v) is 7.80. The number of ether oxygens (including phenoxy) is 1. The minimum atomic E-state index is -0.913. The number of hydrogen-bond donors (Lipinski definition) is 1. The van der Waals surface area contributed by atoms with Crippen LogP contribution in [-0.4, -0.2) is 46.7 Å². The highest BCUT2D eigenvalue weighted by molar-refractivity contribution is 6.48. The summed E-state index contributed by atoms with van der Waals surface area (Å²) >= 11 is 0. The van der Waals surface area contributed by atoms with E-state index in [9.17, 15) is 14.4 Å². The fourth-order valence-corrected chi connectivity index (χ4v) is 4.23. The molecule has 7 nitrogen and oxygen atoms in total. The third-order valence-electron chi connectivity index (χ3n) is 5.44. The van der Waals surface area contributed by atoms with E-state index in [1.54, 1.807) is 12.4 Å². The fraction of sp³-hybridized carbons (Fsp3) is 0.500. The lowest BCUT2D eigenvalue weighted by molar-refractivity contribution is -0.139. The van der Waals surface area contributed by atoms with Crippen molar-refractivity contribution in [3.63, 3.8) is 0 Å². The smallest absolute Gasteiger partial charge is 0.295 e. The first kappa shape index (κ1) is 17.9. The van der Waals surface area contributed by atoms with E-state index in [0.29, 0.717) is 25.3 Å². The van der Waals surface area contributed by atoms with E-state index < -0.39 is 23.7 Å². The number of imidazole rings is 1. The van der Waals surface area contributed by atoms with Crippen LogP contribution in [0.15, 0.2) is 24.5 Å². The number of nitrogens with zero attached hydrogens (tertiary/aromatic N) is 2. The zero-order valence-corrected chi connectivity index (χ0v) is 15.5. The molecule has 4 rings (SSSR count). The zero-order valence-electron chi connectivity index (χ0n) is 15.5. The van der Waals surface area contributed by atoms with Crippen LogP contribution >= 0.6 is 0 Å². The van der Waals surface area contributed by atoms with Crippen molar-refractivity contribution in [1.82, 2.24) is 9.97 Å². The molecule has 0 bridgehead atoms. The summed E-state index contributed by atoms with van der Waals surface area (Å²) in [6.07, 6.45) is 2.61. The first-order valence-corrected chi connectivity index (χ1v) is 9.38. The Bertz CT molecular complexity index is 898. The largest absolute Gasteiger partial charge is 0.381 e. The number of nitrogens with one attached hydrogen (secondary N) is 1. The second kappa shape index (κ2) is 6.88. The number of ketones is 2. The third kappa shape index (κ3) is 3.06. The molecular formula is C20H23N3O4. The third-order valence-corrected chi connectivity index (χ3v) is 5.44. The predicted octanol–water partition coefficient (Wildman–Crippen LogP) is 2.12. The first-order chi connectivity index (χ1) is 13.0. The van der Waals surface area contributed by atoms with Gasteiger partial charge < -0.3 is 14.6 Å². The number of Topliss-reactive ketones (excluding diaryl/α,β-unsaturated/α-hetero) is 2. The maximum atomic E-state index is 12.9. The van der Waals surface area contributed by atoms with Crippen LogP contribution in [0.3, 0.4) is 0 Å². The number of anilines is 1. The van der Waals surface area contributed by atoms with Crippen molar-refractivity contribution in [3.05, 3.63) is 24.5 Å². The van der Waals surface area contributed by atoms with E-state index in [4.69, 9.17) is 4.74 Å². The predicted molar refractivity (Wildman–Crippen MR) is 99.3 cm³/mol. The quantitative estimate of drug-likeness (QED) is 0.644. The lowest BCUT2D eigenvalue weighted by Crippen LogP contribution is -2.43. The van der Waals surface area contributed by atoms with Gasteiger partial charge in [-0.1, -0.05) is 13.8 Å². The molecule has 2 aliphatic rings. The molecule has 1 N–H and O–H groups in total. The number of benzene rings is 1. The molecule has 0 saturated carbocycles. The molecule has 27 heavy (non-hydrogen) atoms. The molecule has 1 amide bonds. The van der Waals surface area contributed by atoms with Crippen molar-refractivity contribution >= 4 is 34.2 Å². The Kier molecular flexibility index (Phi) is 4.55. The van der Waals surface area contributed by atoms with Crippen LogP contribution in [0.1, 0.15) is 26.7 Å². The molecule has 142 valence electrons. The lowest BCUT2D eigenvalue weighted by Gasteiger charge is -2.31. The fourth-order valence-electron chi connectivity index (χ4n) is 4.23. The minimum absolute atomic E-state index is 0.0287. The number of aromatic nitrogens is 2. The molecule has 0 radical (unpaired) electrons. The number of rotatable bonds is 5. The number of H-pyrrole nitrogens is 1. The van der Waals surface area contributed by atoms with Crippen molar-refractivity contribution in [2.45, 2.75) is 32.7 Å². The van der Waals surface area contributed by atoms with Crippen LogP contribution in [0.25, 0.3) is 11.0 Å². The van der Waals surface area contributed by atoms with Crippen molar-refractivity contribution in [2.24, 2.45) is 17.8 Å². The van der Waals surface area contributed by atoms with E-state index in [2.05, 4.69) is 9.97 Å². The van der Waals surface area contributed by atoms with Gasteiger partial charge in [0.2, 0.25) is 5.78 Å². The summed E-state index contributed by atoms with van der Waals surface area (Å²) in [6.45, 7) is 4.93. The Morgan fingerprint density at radius 1 is 1.37 bits per heavy atom. The Hall–Kier alpha value is -2.54. The van der Waals surface area contributed by atoms with Gasteiger partial charge >= 0.3 is 0 Å². The van der Waals surface area contributed by atoms with Gasteiger partial charge in [0.05, 0.1) is 30.0 Å². The van der Waals surface area contributed by atoms with E-state index in [-0.39, 0.29) is 17.6 Å². The summed E-state index contributed by atoms with van der Waals surface area (Å²) in [7, 11) is 0. The lowest BCUT2D eigenvalue weighted by atomic mass is 9.82. The SMILES string of the molecule is CC(C)CC(=O)C1C(=O)C(=O)N(c2ccc3nc[nH]c3c2)C1C1CCOC1. The summed E-state index contributed by atoms with van der Waals surface area (Å²) in [4.78, 5) is 47.3. The van der Waals surface area contributed by atoms with E-state index in [0.717, 1.165) is 17.5 Å². The standard InChI is InChI=1S/C20H23N3O4/c1-11(2)7-16(24)17-18(12-5-6-27-9-12)23(20(26)19(17)25)13-3-4-14-15(8-13)22-10-21-14/h3-4,8,10-12,17-18H,5-7,9H2,1-2H3,(H,21,22). The topological polar surface area (TPSA) is 92.4 Å². The molecular weight excluding hydrogens is 346 g/mol. The summed E-state index contributed by atoms with van der Waals surface area (Å²) in [5, 5.41) is 0. The van der Waals surface area contributed by atoms with Gasteiger partial charge in [0.25, 0.3) is 5.91 Å². The summed E-state index contributed by atoms with van der Waals surface area (Å²) in [6, 6.07) is 4.92. The number of hydrogen-bond acceptors (Lipinski definition) is 5. The van der Waals surface area contributed by atoms with Crippen LogP contribution in [0, 0.1) is 17.8 Å². The number of carbonyl (C=O) groups excluding carboxylic acids is 3. The molecule has 3 unspecified atom stereocenters. The molecule has 7 heteroatoms. The molecule has 0 aliphatic carbocycles. The van der Waals surface area contributed by atoms with Crippen molar-refractivity contribution in [3.8, 4) is 0 Å². The average molecular weight is 369 g/mol. The molecule has 1 aromatic heterocycles. The molecule has 2 saturated heterocycles. The van der Waals surface area contributed by atoms with Gasteiger partial charge in [-0.2, -0.15) is 0 Å². The van der Waals surface area contributed by atoms with Crippen LogP contribution in [0.5, 0.6) is 0 Å². The van der Waals surface area contributed by atoms with Crippen molar-refractivity contribution < 1.29 is 19.1 Å². The number of amides is 1. The molecule has 2 aromatic rings. The van der Waals surface area contributed by atoms with Gasteiger partial charge in [-0.05, 0) is 30.5 Å². The maximum Gasteiger partial charge on any atom is 0.295 e.